The zero-order chi connectivity index (χ0) is 25.5. The van der Waals surface area contributed by atoms with E-state index < -0.39 is 0 Å². The third kappa shape index (κ3) is 7.10. The molecule has 35 heavy (non-hydrogen) atoms. The van der Waals surface area contributed by atoms with Crippen LogP contribution in [0.3, 0.4) is 0 Å². The van der Waals surface area contributed by atoms with Crippen molar-refractivity contribution in [3.05, 3.63) is 23.8 Å². The lowest BCUT2D eigenvalue weighted by molar-refractivity contribution is -0.133. The number of likely N-dealkylation sites (N-methyl/N-ethyl adjacent to an activating group) is 1. The molecule has 1 aliphatic carbocycles. The number of amides is 4. The maximum absolute atomic E-state index is 13.4. The Hall–Kier alpha value is -2.81. The lowest BCUT2D eigenvalue weighted by atomic mass is 9.96. The second kappa shape index (κ2) is 12.2. The molecule has 3 atom stereocenters. The summed E-state index contributed by atoms with van der Waals surface area (Å²) >= 11 is 0. The van der Waals surface area contributed by atoms with Gasteiger partial charge in [-0.2, -0.15) is 0 Å². The number of hydrogen-bond acceptors (Lipinski definition) is 5. The monoisotopic (exact) mass is 488 g/mol. The van der Waals surface area contributed by atoms with Gasteiger partial charge in [0.05, 0.1) is 17.7 Å². The number of benzene rings is 1. The first-order valence-corrected chi connectivity index (χ1v) is 12.6. The first kappa shape index (κ1) is 26.8. The van der Waals surface area contributed by atoms with Crippen molar-refractivity contribution in [3.63, 3.8) is 0 Å². The predicted octanol–water partition coefficient (Wildman–Crippen LogP) is 3.49. The van der Waals surface area contributed by atoms with Crippen LogP contribution < -0.4 is 15.4 Å². The Balaban J connectivity index is 1.84. The molecular weight excluding hydrogens is 448 g/mol. The molecule has 3 rings (SSSR count). The molecule has 1 aliphatic heterocycles. The van der Waals surface area contributed by atoms with E-state index in [2.05, 4.69) is 10.6 Å². The van der Waals surface area contributed by atoms with E-state index in [1.165, 1.54) is 6.42 Å². The molecule has 0 radical (unpaired) electrons. The number of carbonyl (C=O) groups excluding carboxylic acids is 3. The minimum atomic E-state index is -0.272. The number of fused-ring (bicyclic) bond motifs is 1. The molecule has 0 aromatic heterocycles. The summed E-state index contributed by atoms with van der Waals surface area (Å²) in [5.41, 5.74) is 0.872. The molecule has 1 aromatic rings. The highest BCUT2D eigenvalue weighted by Crippen LogP contribution is 2.27. The number of nitrogens with zero attached hydrogens (tertiary/aromatic N) is 2. The second-order valence-corrected chi connectivity index (χ2v) is 9.91. The van der Waals surface area contributed by atoms with Gasteiger partial charge in [0.1, 0.15) is 12.4 Å². The molecule has 2 N–H and O–H groups in total. The average Bonchev–Trinajstić information content (AvgIpc) is 2.83. The van der Waals surface area contributed by atoms with E-state index in [0.717, 1.165) is 25.7 Å². The van der Waals surface area contributed by atoms with Gasteiger partial charge in [-0.05, 0) is 38.0 Å². The summed E-state index contributed by atoms with van der Waals surface area (Å²) in [6, 6.07) is 4.80. The number of nitrogens with one attached hydrogen (secondary N) is 2. The van der Waals surface area contributed by atoms with Crippen molar-refractivity contribution in [2.45, 2.75) is 71.1 Å². The predicted molar refractivity (Wildman–Crippen MR) is 135 cm³/mol. The number of ether oxygens (including phenoxy) is 2. The Morgan fingerprint density at radius 2 is 1.83 bits per heavy atom. The first-order valence-electron chi connectivity index (χ1n) is 12.6. The summed E-state index contributed by atoms with van der Waals surface area (Å²) in [6.07, 6.45) is 5.20. The van der Waals surface area contributed by atoms with Crippen molar-refractivity contribution in [3.8, 4) is 5.75 Å². The fraction of sp³-hybridized carbons (Fsp3) is 0.654. The van der Waals surface area contributed by atoms with E-state index in [0.29, 0.717) is 30.1 Å². The van der Waals surface area contributed by atoms with Gasteiger partial charge in [0, 0.05) is 51.8 Å². The molecular formula is C26H40N4O5. The van der Waals surface area contributed by atoms with E-state index in [-0.39, 0.29) is 48.6 Å². The Labute approximate surface area is 208 Å². The van der Waals surface area contributed by atoms with Gasteiger partial charge in [0.2, 0.25) is 5.91 Å². The number of urea groups is 1. The zero-order valence-electron chi connectivity index (χ0n) is 21.6. The summed E-state index contributed by atoms with van der Waals surface area (Å²) in [5.74, 6) is 0.172. The highest BCUT2D eigenvalue weighted by molar-refractivity contribution is 5.99. The maximum atomic E-state index is 13.4. The normalized spacial score (nSPS) is 24.5. The lowest BCUT2D eigenvalue weighted by Gasteiger charge is -2.35. The number of carbonyl (C=O) groups is 3. The fourth-order valence-electron chi connectivity index (χ4n) is 4.89. The molecule has 1 aromatic carbocycles. The molecule has 0 spiro atoms. The molecule has 4 amide bonds. The van der Waals surface area contributed by atoms with Crippen molar-refractivity contribution < 1.29 is 23.9 Å². The van der Waals surface area contributed by atoms with E-state index in [4.69, 9.17) is 9.47 Å². The van der Waals surface area contributed by atoms with Crippen LogP contribution in [0.15, 0.2) is 18.2 Å². The Morgan fingerprint density at radius 1 is 1.11 bits per heavy atom. The van der Waals surface area contributed by atoms with E-state index in [1.54, 1.807) is 49.1 Å². The van der Waals surface area contributed by atoms with Crippen LogP contribution in [-0.4, -0.2) is 79.7 Å². The fourth-order valence-corrected chi connectivity index (χ4v) is 4.89. The molecule has 9 nitrogen and oxygen atoms in total. The second-order valence-electron chi connectivity index (χ2n) is 9.91. The van der Waals surface area contributed by atoms with Gasteiger partial charge in [-0.1, -0.05) is 26.2 Å². The molecule has 0 bridgehead atoms. The van der Waals surface area contributed by atoms with Crippen LogP contribution >= 0.6 is 0 Å². The first-order chi connectivity index (χ1) is 16.7. The molecule has 0 unspecified atom stereocenters. The molecule has 1 saturated carbocycles. The molecule has 1 heterocycles. The van der Waals surface area contributed by atoms with Gasteiger partial charge >= 0.3 is 6.03 Å². The Bertz CT molecular complexity index is 902. The van der Waals surface area contributed by atoms with Crippen LogP contribution in [0.25, 0.3) is 0 Å². The van der Waals surface area contributed by atoms with Crippen molar-refractivity contribution in [1.29, 1.82) is 0 Å². The average molecular weight is 489 g/mol. The van der Waals surface area contributed by atoms with Gasteiger partial charge in [-0.3, -0.25) is 9.59 Å². The SMILES string of the molecule is CO[C@H]1CN(C)C(=O)c2cc(NC(=O)NC3CCCCC3)ccc2OC[C@H](C)N(C(C)=O)C[C@@H]1C. The minimum absolute atomic E-state index is 0.0111. The molecule has 0 saturated heterocycles. The quantitative estimate of drug-likeness (QED) is 0.678. The van der Waals surface area contributed by atoms with Gasteiger partial charge in [0.15, 0.2) is 0 Å². The topological polar surface area (TPSA) is 100 Å². The zero-order valence-corrected chi connectivity index (χ0v) is 21.6. The lowest BCUT2D eigenvalue weighted by Crippen LogP contribution is -2.48. The van der Waals surface area contributed by atoms with Crippen LogP contribution in [0.5, 0.6) is 5.75 Å². The number of rotatable bonds is 3. The number of anilines is 1. The van der Waals surface area contributed by atoms with Crippen LogP contribution in [0, 0.1) is 5.92 Å². The van der Waals surface area contributed by atoms with Crippen molar-refractivity contribution in [2.75, 3.05) is 39.2 Å². The third-order valence-corrected chi connectivity index (χ3v) is 7.05. The van der Waals surface area contributed by atoms with Crippen molar-refractivity contribution in [1.82, 2.24) is 15.1 Å². The molecule has 194 valence electrons. The highest BCUT2D eigenvalue weighted by atomic mass is 16.5. The maximum Gasteiger partial charge on any atom is 0.319 e. The summed E-state index contributed by atoms with van der Waals surface area (Å²) in [6.45, 7) is 6.60. The van der Waals surface area contributed by atoms with Gasteiger partial charge in [-0.25, -0.2) is 4.79 Å². The van der Waals surface area contributed by atoms with Crippen LogP contribution in [0.4, 0.5) is 10.5 Å². The van der Waals surface area contributed by atoms with Gasteiger partial charge in [0.25, 0.3) is 5.91 Å². The van der Waals surface area contributed by atoms with Gasteiger partial charge < -0.3 is 29.9 Å². The largest absolute Gasteiger partial charge is 0.491 e. The van der Waals surface area contributed by atoms with E-state index in [9.17, 15) is 14.4 Å². The van der Waals surface area contributed by atoms with Crippen molar-refractivity contribution >= 4 is 23.5 Å². The van der Waals surface area contributed by atoms with Gasteiger partial charge in [-0.15, -0.1) is 0 Å². The summed E-state index contributed by atoms with van der Waals surface area (Å²) < 4.78 is 11.7. The minimum Gasteiger partial charge on any atom is -0.491 e. The van der Waals surface area contributed by atoms with Crippen molar-refractivity contribution in [2.24, 2.45) is 5.92 Å². The summed E-state index contributed by atoms with van der Waals surface area (Å²) in [4.78, 5) is 41.7. The van der Waals surface area contributed by atoms with Crippen LogP contribution in [-0.2, 0) is 9.53 Å². The van der Waals surface area contributed by atoms with E-state index in [1.807, 2.05) is 13.8 Å². The number of methoxy groups -OCH3 is 1. The number of hydrogen-bond donors (Lipinski definition) is 2. The molecule has 1 fully saturated rings. The van der Waals surface area contributed by atoms with E-state index >= 15 is 0 Å². The van der Waals surface area contributed by atoms with Crippen LogP contribution in [0.2, 0.25) is 0 Å². The standard InChI is InChI=1S/C26H40N4O5/c1-17-14-30(19(3)31)18(2)16-35-23-12-11-21(28-26(33)27-20-9-7-6-8-10-20)13-22(23)25(32)29(4)15-24(17)34-5/h11-13,17-18,20,24H,6-10,14-16H2,1-5H3,(H2,27,28,33)/t17-,18-,24-/m0/s1. The Morgan fingerprint density at radius 3 is 2.49 bits per heavy atom. The smallest absolute Gasteiger partial charge is 0.319 e. The molecule has 2 aliphatic rings. The summed E-state index contributed by atoms with van der Waals surface area (Å²) in [5, 5.41) is 5.90. The molecule has 9 heteroatoms. The third-order valence-electron chi connectivity index (χ3n) is 7.05. The van der Waals surface area contributed by atoms with Crippen LogP contribution in [0.1, 0.15) is 63.2 Å². The Kier molecular flexibility index (Phi) is 9.37. The summed E-state index contributed by atoms with van der Waals surface area (Å²) in [7, 11) is 3.34. The highest BCUT2D eigenvalue weighted by Gasteiger charge is 2.29.